The largest absolute Gasteiger partial charge is 0.289 e. The van der Waals surface area contributed by atoms with Gasteiger partial charge in [-0.3, -0.25) is 9.78 Å². The van der Waals surface area contributed by atoms with Crippen molar-refractivity contribution < 1.29 is 4.79 Å². The Bertz CT molecular complexity index is 1130. The van der Waals surface area contributed by atoms with Crippen LogP contribution < -0.4 is 0 Å². The predicted octanol–water partition coefficient (Wildman–Crippen LogP) is 5.39. The van der Waals surface area contributed by atoms with Crippen LogP contribution in [0.2, 0.25) is 0 Å². The van der Waals surface area contributed by atoms with E-state index in [4.69, 9.17) is 5.10 Å². The Kier molecular flexibility index (Phi) is 5.43. The van der Waals surface area contributed by atoms with Gasteiger partial charge in [0.05, 0.1) is 5.69 Å². The smallest absolute Gasteiger partial charge is 0.185 e. The van der Waals surface area contributed by atoms with Gasteiger partial charge in [0.25, 0.3) is 0 Å². The Morgan fingerprint density at radius 2 is 1.79 bits per heavy atom. The van der Waals surface area contributed by atoms with E-state index < -0.39 is 0 Å². The van der Waals surface area contributed by atoms with Crippen LogP contribution in [0.1, 0.15) is 28.4 Å². The third kappa shape index (κ3) is 4.22. The number of carbonyl (C=O) groups is 1. The van der Waals surface area contributed by atoms with Crippen LogP contribution >= 0.6 is 0 Å². The molecule has 0 spiro atoms. The van der Waals surface area contributed by atoms with E-state index in [0.717, 1.165) is 28.9 Å². The second kappa shape index (κ2) is 8.48. The molecule has 0 amide bonds. The summed E-state index contributed by atoms with van der Waals surface area (Å²) in [5.41, 5.74) is 5.40. The summed E-state index contributed by atoms with van der Waals surface area (Å²) >= 11 is 0. The Balaban J connectivity index is 1.68. The maximum atomic E-state index is 12.6. The summed E-state index contributed by atoms with van der Waals surface area (Å²) in [5.74, 6) is -0.0303. The first-order valence-corrected chi connectivity index (χ1v) is 9.61. The third-order valence-electron chi connectivity index (χ3n) is 4.76. The summed E-state index contributed by atoms with van der Waals surface area (Å²) in [5, 5.41) is 4.74. The molecule has 0 N–H and O–H groups in total. The standard InChI is InChI=1S/C25H21N3O/c1-2-19-10-12-20(13-11-19)24(29)15-14-22-18-28(23-8-4-3-5-9-23)27-25(22)21-7-6-16-26-17-21/h3-18H,2H2,1H3/b15-14+. The van der Waals surface area contributed by atoms with Gasteiger partial charge in [-0.15, -0.1) is 0 Å². The maximum Gasteiger partial charge on any atom is 0.185 e. The summed E-state index contributed by atoms with van der Waals surface area (Å²) in [7, 11) is 0. The minimum absolute atomic E-state index is 0.0303. The molecule has 0 unspecified atom stereocenters. The molecule has 29 heavy (non-hydrogen) atoms. The number of para-hydroxylation sites is 1. The summed E-state index contributed by atoms with van der Waals surface area (Å²) in [4.78, 5) is 16.8. The maximum absolute atomic E-state index is 12.6. The van der Waals surface area contributed by atoms with E-state index in [1.807, 2.05) is 83.7 Å². The first kappa shape index (κ1) is 18.6. The number of rotatable bonds is 6. The Morgan fingerprint density at radius 1 is 1.00 bits per heavy atom. The first-order valence-electron chi connectivity index (χ1n) is 9.61. The molecule has 4 aromatic rings. The highest BCUT2D eigenvalue weighted by atomic mass is 16.1. The first-order chi connectivity index (χ1) is 14.2. The fourth-order valence-electron chi connectivity index (χ4n) is 3.12. The molecule has 0 aliphatic rings. The van der Waals surface area contributed by atoms with E-state index in [1.165, 1.54) is 5.56 Å². The van der Waals surface area contributed by atoms with E-state index in [2.05, 4.69) is 11.9 Å². The molecule has 142 valence electrons. The van der Waals surface area contributed by atoms with Crippen molar-refractivity contribution in [3.05, 3.63) is 108 Å². The lowest BCUT2D eigenvalue weighted by molar-refractivity contribution is 0.104. The molecule has 0 radical (unpaired) electrons. The van der Waals surface area contributed by atoms with Crippen LogP contribution in [0, 0.1) is 0 Å². The van der Waals surface area contributed by atoms with Gasteiger partial charge in [-0.25, -0.2) is 4.68 Å². The number of benzene rings is 2. The number of aryl methyl sites for hydroxylation is 1. The van der Waals surface area contributed by atoms with Crippen LogP contribution in [0.4, 0.5) is 0 Å². The average molecular weight is 379 g/mol. The number of carbonyl (C=O) groups excluding carboxylic acids is 1. The lowest BCUT2D eigenvalue weighted by Gasteiger charge is -2.00. The molecule has 2 aromatic carbocycles. The van der Waals surface area contributed by atoms with Crippen LogP contribution in [0.5, 0.6) is 0 Å². The predicted molar refractivity (Wildman–Crippen MR) is 116 cm³/mol. The summed E-state index contributed by atoms with van der Waals surface area (Å²) < 4.78 is 1.82. The molecule has 2 heterocycles. The van der Waals surface area contributed by atoms with Crippen molar-refractivity contribution in [1.29, 1.82) is 0 Å². The molecule has 0 saturated heterocycles. The molecule has 0 aliphatic carbocycles. The summed E-state index contributed by atoms with van der Waals surface area (Å²) in [6.07, 6.45) is 9.83. The molecule has 2 aromatic heterocycles. The van der Waals surface area contributed by atoms with Crippen molar-refractivity contribution in [2.45, 2.75) is 13.3 Å². The molecule has 0 fully saturated rings. The van der Waals surface area contributed by atoms with E-state index in [-0.39, 0.29) is 5.78 Å². The fourth-order valence-corrected chi connectivity index (χ4v) is 3.12. The van der Waals surface area contributed by atoms with E-state index in [0.29, 0.717) is 5.56 Å². The lowest BCUT2D eigenvalue weighted by Crippen LogP contribution is -1.94. The highest BCUT2D eigenvalue weighted by Crippen LogP contribution is 2.24. The lowest BCUT2D eigenvalue weighted by atomic mass is 10.1. The Labute approximate surface area is 170 Å². The summed E-state index contributed by atoms with van der Waals surface area (Å²) in [6.45, 7) is 2.10. The molecule has 0 bridgehead atoms. The molecule has 0 atom stereocenters. The molecule has 0 aliphatic heterocycles. The zero-order valence-electron chi connectivity index (χ0n) is 16.2. The van der Waals surface area contributed by atoms with Crippen LogP contribution in [0.15, 0.2) is 91.4 Å². The van der Waals surface area contributed by atoms with Gasteiger partial charge in [0, 0.05) is 35.3 Å². The van der Waals surface area contributed by atoms with Gasteiger partial charge in [0.15, 0.2) is 5.78 Å². The second-order valence-electron chi connectivity index (χ2n) is 6.70. The van der Waals surface area contributed by atoms with Crippen molar-refractivity contribution in [2.24, 2.45) is 0 Å². The molecular formula is C25H21N3O. The normalized spacial score (nSPS) is 11.1. The van der Waals surface area contributed by atoms with Gasteiger partial charge >= 0.3 is 0 Å². The number of ketones is 1. The quantitative estimate of drug-likeness (QED) is 0.333. The Morgan fingerprint density at radius 3 is 2.48 bits per heavy atom. The van der Waals surface area contributed by atoms with Crippen molar-refractivity contribution in [3.63, 3.8) is 0 Å². The number of allylic oxidation sites excluding steroid dienone is 1. The Hall–Kier alpha value is -3.79. The second-order valence-corrected chi connectivity index (χ2v) is 6.70. The molecule has 0 saturated carbocycles. The molecule has 4 nitrogen and oxygen atoms in total. The zero-order valence-corrected chi connectivity index (χ0v) is 16.2. The minimum atomic E-state index is -0.0303. The topological polar surface area (TPSA) is 47.8 Å². The van der Waals surface area contributed by atoms with Gasteiger partial charge in [0.1, 0.15) is 5.69 Å². The van der Waals surface area contributed by atoms with Gasteiger partial charge < -0.3 is 0 Å². The third-order valence-corrected chi connectivity index (χ3v) is 4.76. The van der Waals surface area contributed by atoms with Crippen LogP contribution in [0.25, 0.3) is 23.0 Å². The average Bonchev–Trinajstić information content (AvgIpc) is 3.23. The highest BCUT2D eigenvalue weighted by molar-refractivity contribution is 6.07. The minimum Gasteiger partial charge on any atom is -0.289 e. The summed E-state index contributed by atoms with van der Waals surface area (Å²) in [6, 6.07) is 21.5. The van der Waals surface area contributed by atoms with Crippen molar-refractivity contribution in [3.8, 4) is 16.9 Å². The van der Waals surface area contributed by atoms with Gasteiger partial charge in [-0.05, 0) is 48.4 Å². The SMILES string of the molecule is CCc1ccc(C(=O)/C=C/c2cn(-c3ccccc3)nc2-c2cccnc2)cc1. The van der Waals surface area contributed by atoms with E-state index in [9.17, 15) is 4.79 Å². The monoisotopic (exact) mass is 379 g/mol. The van der Waals surface area contributed by atoms with Crippen LogP contribution in [-0.4, -0.2) is 20.5 Å². The number of hydrogen-bond acceptors (Lipinski definition) is 3. The molecule has 4 rings (SSSR count). The highest BCUT2D eigenvalue weighted by Gasteiger charge is 2.11. The zero-order chi connectivity index (χ0) is 20.1. The number of pyridine rings is 1. The number of aromatic nitrogens is 3. The van der Waals surface area contributed by atoms with Gasteiger partial charge in [0.2, 0.25) is 0 Å². The molecule has 4 heteroatoms. The van der Waals surface area contributed by atoms with Crippen LogP contribution in [0.3, 0.4) is 0 Å². The number of hydrogen-bond donors (Lipinski definition) is 0. The van der Waals surface area contributed by atoms with E-state index in [1.54, 1.807) is 18.5 Å². The van der Waals surface area contributed by atoms with Gasteiger partial charge in [-0.2, -0.15) is 5.10 Å². The van der Waals surface area contributed by atoms with Crippen molar-refractivity contribution in [1.82, 2.24) is 14.8 Å². The molecular weight excluding hydrogens is 358 g/mol. The van der Waals surface area contributed by atoms with Crippen molar-refractivity contribution >= 4 is 11.9 Å². The fraction of sp³-hybridized carbons (Fsp3) is 0.0800. The van der Waals surface area contributed by atoms with Gasteiger partial charge in [-0.1, -0.05) is 49.4 Å². The van der Waals surface area contributed by atoms with Crippen LogP contribution in [-0.2, 0) is 6.42 Å². The van der Waals surface area contributed by atoms with E-state index >= 15 is 0 Å². The van der Waals surface area contributed by atoms with Crippen molar-refractivity contribution in [2.75, 3.05) is 0 Å². The number of nitrogens with zero attached hydrogens (tertiary/aromatic N) is 3.